The molecular weight excluding hydrogens is 316 g/mol. The van der Waals surface area contributed by atoms with Gasteiger partial charge in [0.25, 0.3) is 0 Å². The van der Waals surface area contributed by atoms with Gasteiger partial charge in [-0.05, 0) is 30.2 Å². The van der Waals surface area contributed by atoms with E-state index in [0.29, 0.717) is 12.0 Å². The van der Waals surface area contributed by atoms with Crippen LogP contribution in [0.5, 0.6) is 0 Å². The number of aromatic nitrogens is 6. The topological polar surface area (TPSA) is 75.9 Å². The Labute approximate surface area is 148 Å². The molecule has 0 atom stereocenters. The van der Waals surface area contributed by atoms with Gasteiger partial charge in [-0.3, -0.25) is 4.90 Å². The average molecular weight is 342 g/mol. The van der Waals surface area contributed by atoms with Gasteiger partial charge in [0.1, 0.15) is 11.6 Å². The number of anilines is 1. The van der Waals surface area contributed by atoms with E-state index in [1.54, 1.807) is 0 Å². The molecule has 4 rings (SSSR count). The third-order valence-electron chi connectivity index (χ3n) is 4.89. The van der Waals surface area contributed by atoms with Crippen molar-refractivity contribution in [3.8, 4) is 0 Å². The van der Waals surface area contributed by atoms with E-state index in [2.05, 4.69) is 50.2 Å². The molecule has 0 bridgehead atoms. The van der Waals surface area contributed by atoms with E-state index in [1.165, 1.54) is 12.8 Å². The molecule has 1 saturated heterocycles. The maximum absolute atomic E-state index is 4.76. The van der Waals surface area contributed by atoms with Gasteiger partial charge in [0, 0.05) is 43.9 Å². The lowest BCUT2D eigenvalue weighted by atomic mass is 10.2. The van der Waals surface area contributed by atoms with Gasteiger partial charge >= 0.3 is 0 Å². The molecule has 8 heteroatoms. The van der Waals surface area contributed by atoms with E-state index in [9.17, 15) is 0 Å². The third-order valence-corrected chi connectivity index (χ3v) is 4.89. The van der Waals surface area contributed by atoms with Crippen molar-refractivity contribution in [3.05, 3.63) is 23.4 Å². The normalized spacial score (nSPS) is 19.0. The second kappa shape index (κ2) is 6.67. The molecule has 2 fully saturated rings. The summed E-state index contributed by atoms with van der Waals surface area (Å²) in [5, 5.41) is 12.2. The highest BCUT2D eigenvalue weighted by Crippen LogP contribution is 2.34. The summed E-state index contributed by atoms with van der Waals surface area (Å²) in [5.41, 5.74) is 1.04. The molecule has 2 aromatic rings. The first-order valence-electron chi connectivity index (χ1n) is 9.20. The lowest BCUT2D eigenvalue weighted by molar-refractivity contribution is 0.238. The molecule has 0 unspecified atom stereocenters. The van der Waals surface area contributed by atoms with Gasteiger partial charge in [-0.1, -0.05) is 13.8 Å². The summed E-state index contributed by atoms with van der Waals surface area (Å²) < 4.78 is 2.01. The van der Waals surface area contributed by atoms with Crippen LogP contribution < -0.4 is 4.90 Å². The van der Waals surface area contributed by atoms with Crippen LogP contribution in [-0.2, 0) is 6.54 Å². The molecule has 25 heavy (non-hydrogen) atoms. The fourth-order valence-electron chi connectivity index (χ4n) is 3.25. The highest BCUT2D eigenvalue weighted by molar-refractivity contribution is 5.40. The lowest BCUT2D eigenvalue weighted by Crippen LogP contribution is -2.46. The number of tetrazole rings is 1. The van der Waals surface area contributed by atoms with Gasteiger partial charge in [-0.2, -0.15) is 0 Å². The van der Waals surface area contributed by atoms with Crippen molar-refractivity contribution in [2.24, 2.45) is 0 Å². The first-order chi connectivity index (χ1) is 12.1. The van der Waals surface area contributed by atoms with E-state index in [1.807, 2.05) is 11.6 Å². The first-order valence-corrected chi connectivity index (χ1v) is 9.20. The molecule has 3 heterocycles. The molecule has 0 spiro atoms. The Balaban J connectivity index is 1.39. The van der Waals surface area contributed by atoms with Gasteiger partial charge in [0.2, 0.25) is 0 Å². The maximum atomic E-state index is 4.76. The lowest BCUT2D eigenvalue weighted by Gasteiger charge is -2.35. The second-order valence-corrected chi connectivity index (χ2v) is 7.41. The molecule has 0 aromatic carbocycles. The molecule has 0 N–H and O–H groups in total. The smallest absolute Gasteiger partial charge is 0.165 e. The molecule has 134 valence electrons. The Kier molecular flexibility index (Phi) is 4.37. The fourth-order valence-corrected chi connectivity index (χ4v) is 3.25. The molecule has 1 aliphatic carbocycles. The monoisotopic (exact) mass is 342 g/mol. The van der Waals surface area contributed by atoms with Crippen molar-refractivity contribution in [2.75, 3.05) is 31.1 Å². The Morgan fingerprint density at radius 3 is 2.56 bits per heavy atom. The Bertz CT molecular complexity index is 728. The average Bonchev–Trinajstić information content (AvgIpc) is 3.34. The van der Waals surface area contributed by atoms with E-state index in [0.717, 1.165) is 55.9 Å². The molecular formula is C17H26N8. The van der Waals surface area contributed by atoms with E-state index < -0.39 is 0 Å². The van der Waals surface area contributed by atoms with Crippen LogP contribution >= 0.6 is 0 Å². The van der Waals surface area contributed by atoms with Gasteiger partial charge in [-0.15, -0.1) is 5.10 Å². The standard InChI is InChI=1S/C17H26N8/c1-12(2)17-18-13(3)10-15(19-17)24-8-6-23(7-9-24)11-16-20-21-22-25(16)14-4-5-14/h10,12,14H,4-9,11H2,1-3H3. The summed E-state index contributed by atoms with van der Waals surface area (Å²) in [6.45, 7) is 11.1. The number of nitrogens with zero attached hydrogens (tertiary/aromatic N) is 8. The zero-order valence-corrected chi connectivity index (χ0v) is 15.3. The van der Waals surface area contributed by atoms with Gasteiger partial charge in [0.15, 0.2) is 5.82 Å². The summed E-state index contributed by atoms with van der Waals surface area (Å²) in [4.78, 5) is 14.1. The number of rotatable bonds is 5. The van der Waals surface area contributed by atoms with Crippen LogP contribution in [0.15, 0.2) is 6.07 Å². The number of aryl methyl sites for hydroxylation is 1. The summed E-state index contributed by atoms with van der Waals surface area (Å²) >= 11 is 0. The number of hydrogen-bond donors (Lipinski definition) is 0. The Morgan fingerprint density at radius 2 is 1.88 bits per heavy atom. The second-order valence-electron chi connectivity index (χ2n) is 7.41. The minimum absolute atomic E-state index is 0.348. The van der Waals surface area contributed by atoms with Crippen molar-refractivity contribution >= 4 is 5.82 Å². The molecule has 2 aliphatic rings. The minimum Gasteiger partial charge on any atom is -0.354 e. The Hall–Kier alpha value is -2.09. The van der Waals surface area contributed by atoms with E-state index >= 15 is 0 Å². The molecule has 1 aliphatic heterocycles. The first kappa shape index (κ1) is 16.4. The van der Waals surface area contributed by atoms with Crippen LogP contribution in [0.3, 0.4) is 0 Å². The van der Waals surface area contributed by atoms with Crippen LogP contribution in [0.4, 0.5) is 5.82 Å². The van der Waals surface area contributed by atoms with Crippen LogP contribution in [-0.4, -0.2) is 61.3 Å². The zero-order valence-electron chi connectivity index (χ0n) is 15.3. The summed E-state index contributed by atoms with van der Waals surface area (Å²) in [6.07, 6.45) is 2.41. The summed E-state index contributed by atoms with van der Waals surface area (Å²) in [5.74, 6) is 3.33. The third kappa shape index (κ3) is 3.63. The largest absolute Gasteiger partial charge is 0.354 e. The van der Waals surface area contributed by atoms with E-state index in [-0.39, 0.29) is 0 Å². The number of hydrogen-bond acceptors (Lipinski definition) is 7. The molecule has 0 amide bonds. The molecule has 1 saturated carbocycles. The predicted octanol–water partition coefficient (Wildman–Crippen LogP) is 1.55. The predicted molar refractivity (Wildman–Crippen MR) is 94.4 cm³/mol. The van der Waals surface area contributed by atoms with Crippen LogP contribution in [0.1, 0.15) is 56.0 Å². The van der Waals surface area contributed by atoms with E-state index in [4.69, 9.17) is 4.98 Å². The summed E-state index contributed by atoms with van der Waals surface area (Å²) in [7, 11) is 0. The van der Waals surface area contributed by atoms with Crippen LogP contribution in [0, 0.1) is 6.92 Å². The Morgan fingerprint density at radius 1 is 1.12 bits per heavy atom. The van der Waals surface area contributed by atoms with Crippen molar-refractivity contribution in [1.82, 2.24) is 35.1 Å². The van der Waals surface area contributed by atoms with Crippen molar-refractivity contribution < 1.29 is 0 Å². The van der Waals surface area contributed by atoms with Crippen LogP contribution in [0.2, 0.25) is 0 Å². The van der Waals surface area contributed by atoms with Gasteiger partial charge < -0.3 is 4.90 Å². The minimum atomic E-state index is 0.348. The van der Waals surface area contributed by atoms with Gasteiger partial charge in [-0.25, -0.2) is 14.6 Å². The van der Waals surface area contributed by atoms with Crippen molar-refractivity contribution in [1.29, 1.82) is 0 Å². The van der Waals surface area contributed by atoms with Crippen molar-refractivity contribution in [2.45, 2.75) is 52.1 Å². The highest BCUT2D eigenvalue weighted by Gasteiger charge is 2.29. The SMILES string of the molecule is Cc1cc(N2CCN(Cc3nnnn3C3CC3)CC2)nc(C(C)C)n1. The highest BCUT2D eigenvalue weighted by atomic mass is 15.6. The quantitative estimate of drug-likeness (QED) is 0.816. The van der Waals surface area contributed by atoms with Gasteiger partial charge in [0.05, 0.1) is 12.6 Å². The summed E-state index contributed by atoms with van der Waals surface area (Å²) in [6, 6.07) is 2.62. The van der Waals surface area contributed by atoms with Crippen molar-refractivity contribution in [3.63, 3.8) is 0 Å². The maximum Gasteiger partial charge on any atom is 0.165 e. The molecule has 2 aromatic heterocycles. The van der Waals surface area contributed by atoms with Crippen LogP contribution in [0.25, 0.3) is 0 Å². The molecule has 8 nitrogen and oxygen atoms in total. The fraction of sp³-hybridized carbons (Fsp3) is 0.706. The number of piperazine rings is 1. The zero-order chi connectivity index (χ0) is 17.4. The molecule has 0 radical (unpaired) electrons.